The van der Waals surface area contributed by atoms with E-state index in [4.69, 9.17) is 23.2 Å². The molecule has 0 saturated carbocycles. The van der Waals surface area contributed by atoms with E-state index in [1.807, 2.05) is 11.0 Å². The van der Waals surface area contributed by atoms with Crippen molar-refractivity contribution in [3.63, 3.8) is 0 Å². The number of anilines is 1. The predicted octanol–water partition coefficient (Wildman–Crippen LogP) is 2.29. The monoisotopic (exact) mass is 372 g/mol. The summed E-state index contributed by atoms with van der Waals surface area (Å²) in [6, 6.07) is 8.01. The van der Waals surface area contributed by atoms with E-state index in [0.717, 1.165) is 5.82 Å². The predicted molar refractivity (Wildman–Crippen MR) is 89.5 cm³/mol. The zero-order chi connectivity index (χ0) is 16.4. The molecule has 2 heterocycles. The molecule has 1 aliphatic heterocycles. The van der Waals surface area contributed by atoms with Gasteiger partial charge in [-0.15, -0.1) is 5.10 Å². The summed E-state index contributed by atoms with van der Waals surface area (Å²) in [5, 5.41) is 8.45. The molecule has 1 aliphatic rings. The van der Waals surface area contributed by atoms with E-state index >= 15 is 0 Å². The Balaban J connectivity index is 1.75. The van der Waals surface area contributed by atoms with Crippen LogP contribution in [0.3, 0.4) is 0 Å². The Bertz CT molecular complexity index is 794. The van der Waals surface area contributed by atoms with Crippen molar-refractivity contribution in [3.05, 3.63) is 46.6 Å². The van der Waals surface area contributed by atoms with Crippen LogP contribution in [0.1, 0.15) is 0 Å². The molecule has 1 aromatic heterocycles. The van der Waals surface area contributed by atoms with Crippen LogP contribution in [0, 0.1) is 0 Å². The average molecular weight is 373 g/mol. The summed E-state index contributed by atoms with van der Waals surface area (Å²) in [6.07, 6.45) is 1.61. The van der Waals surface area contributed by atoms with E-state index < -0.39 is 10.0 Å². The van der Waals surface area contributed by atoms with E-state index in [1.165, 1.54) is 22.5 Å². The summed E-state index contributed by atoms with van der Waals surface area (Å²) >= 11 is 11.8. The highest BCUT2D eigenvalue weighted by Gasteiger charge is 2.29. The number of rotatable bonds is 3. The van der Waals surface area contributed by atoms with Crippen molar-refractivity contribution in [2.24, 2.45) is 0 Å². The fourth-order valence-electron chi connectivity index (χ4n) is 2.41. The Morgan fingerprint density at radius 3 is 2.35 bits per heavy atom. The number of nitrogens with zero attached hydrogens (tertiary/aromatic N) is 4. The fraction of sp³-hybridized carbons (Fsp3) is 0.286. The summed E-state index contributed by atoms with van der Waals surface area (Å²) in [5.41, 5.74) is 0. The van der Waals surface area contributed by atoms with Gasteiger partial charge in [0.2, 0.25) is 10.0 Å². The van der Waals surface area contributed by atoms with Crippen molar-refractivity contribution < 1.29 is 8.42 Å². The number of hydrogen-bond donors (Lipinski definition) is 0. The first kappa shape index (κ1) is 16.4. The van der Waals surface area contributed by atoms with E-state index in [9.17, 15) is 8.42 Å². The van der Waals surface area contributed by atoms with Crippen LogP contribution >= 0.6 is 23.2 Å². The highest BCUT2D eigenvalue weighted by atomic mass is 35.5. The molecule has 0 atom stereocenters. The third kappa shape index (κ3) is 3.42. The second-order valence-corrected chi connectivity index (χ2v) is 7.80. The Morgan fingerprint density at radius 1 is 1.00 bits per heavy atom. The second-order valence-electron chi connectivity index (χ2n) is 5.05. The third-order valence-electron chi connectivity index (χ3n) is 3.65. The molecule has 0 spiro atoms. The number of sulfonamides is 1. The molecular formula is C14H14Cl2N4O2S. The lowest BCUT2D eigenvalue weighted by Gasteiger charge is -2.34. The fourth-order valence-corrected chi connectivity index (χ4v) is 4.22. The van der Waals surface area contributed by atoms with E-state index in [-0.39, 0.29) is 9.92 Å². The summed E-state index contributed by atoms with van der Waals surface area (Å²) in [7, 11) is -3.58. The molecule has 0 amide bonds. The van der Waals surface area contributed by atoms with Crippen LogP contribution in [-0.4, -0.2) is 49.1 Å². The van der Waals surface area contributed by atoms with Gasteiger partial charge in [-0.3, -0.25) is 0 Å². The Hall–Kier alpha value is -1.41. The highest BCUT2D eigenvalue weighted by molar-refractivity contribution is 7.89. The molecule has 0 bridgehead atoms. The molecule has 1 fully saturated rings. The van der Waals surface area contributed by atoms with Crippen molar-refractivity contribution in [1.29, 1.82) is 0 Å². The van der Waals surface area contributed by atoms with Gasteiger partial charge in [0.15, 0.2) is 5.82 Å². The molecule has 0 unspecified atom stereocenters. The lowest BCUT2D eigenvalue weighted by Crippen LogP contribution is -2.48. The number of hydrogen-bond acceptors (Lipinski definition) is 5. The van der Waals surface area contributed by atoms with Gasteiger partial charge in [-0.1, -0.05) is 23.2 Å². The summed E-state index contributed by atoms with van der Waals surface area (Å²) in [6.45, 7) is 1.86. The Labute approximate surface area is 144 Å². The van der Waals surface area contributed by atoms with Crippen molar-refractivity contribution in [2.75, 3.05) is 31.1 Å². The molecule has 0 radical (unpaired) electrons. The minimum Gasteiger partial charge on any atom is -0.352 e. The van der Waals surface area contributed by atoms with Crippen LogP contribution in [0.5, 0.6) is 0 Å². The Kier molecular flexibility index (Phi) is 4.72. The molecule has 9 heteroatoms. The van der Waals surface area contributed by atoms with Crippen molar-refractivity contribution in [1.82, 2.24) is 14.5 Å². The van der Waals surface area contributed by atoms with E-state index in [2.05, 4.69) is 10.2 Å². The zero-order valence-electron chi connectivity index (χ0n) is 12.1. The molecule has 122 valence electrons. The minimum atomic E-state index is -3.58. The van der Waals surface area contributed by atoms with Gasteiger partial charge < -0.3 is 4.90 Å². The van der Waals surface area contributed by atoms with Crippen LogP contribution in [0.4, 0.5) is 5.82 Å². The van der Waals surface area contributed by atoms with Gasteiger partial charge in [-0.05, 0) is 30.3 Å². The molecular weight excluding hydrogens is 359 g/mol. The average Bonchev–Trinajstić information content (AvgIpc) is 2.58. The van der Waals surface area contributed by atoms with Gasteiger partial charge in [0, 0.05) is 32.4 Å². The number of piperazine rings is 1. The standard InChI is InChI=1S/C14H14Cl2N4O2S/c15-12-4-3-11(10-13(12)16)23(21,22)20-8-6-19(7-9-20)14-2-1-5-17-18-14/h1-5,10H,6-9H2. The van der Waals surface area contributed by atoms with Gasteiger partial charge in [0.25, 0.3) is 0 Å². The van der Waals surface area contributed by atoms with Gasteiger partial charge in [-0.25, -0.2) is 8.42 Å². The number of benzene rings is 1. The first-order valence-corrected chi connectivity index (χ1v) is 9.16. The molecule has 3 rings (SSSR count). The lowest BCUT2D eigenvalue weighted by atomic mass is 10.3. The first-order chi connectivity index (χ1) is 11.0. The maximum absolute atomic E-state index is 12.7. The molecule has 1 saturated heterocycles. The molecule has 23 heavy (non-hydrogen) atoms. The van der Waals surface area contributed by atoms with Crippen LogP contribution in [0.15, 0.2) is 41.4 Å². The van der Waals surface area contributed by atoms with Gasteiger partial charge in [0.05, 0.1) is 14.9 Å². The van der Waals surface area contributed by atoms with Crippen LogP contribution in [-0.2, 0) is 10.0 Å². The number of halogens is 2. The van der Waals surface area contributed by atoms with Gasteiger partial charge >= 0.3 is 0 Å². The summed E-state index contributed by atoms with van der Waals surface area (Å²) < 4.78 is 26.8. The maximum atomic E-state index is 12.7. The lowest BCUT2D eigenvalue weighted by molar-refractivity contribution is 0.383. The Morgan fingerprint density at radius 2 is 1.74 bits per heavy atom. The molecule has 0 N–H and O–H groups in total. The quantitative estimate of drug-likeness (QED) is 0.826. The minimum absolute atomic E-state index is 0.153. The SMILES string of the molecule is O=S(=O)(c1ccc(Cl)c(Cl)c1)N1CCN(c2cccnn2)CC1. The molecule has 0 aliphatic carbocycles. The zero-order valence-corrected chi connectivity index (χ0v) is 14.4. The molecule has 1 aromatic carbocycles. The highest BCUT2D eigenvalue weighted by Crippen LogP contribution is 2.27. The van der Waals surface area contributed by atoms with E-state index in [0.29, 0.717) is 31.2 Å². The normalized spacial score (nSPS) is 16.5. The second kappa shape index (κ2) is 6.60. The van der Waals surface area contributed by atoms with Crippen molar-refractivity contribution >= 4 is 39.0 Å². The molecule has 2 aromatic rings. The van der Waals surface area contributed by atoms with Crippen molar-refractivity contribution in [3.8, 4) is 0 Å². The largest absolute Gasteiger partial charge is 0.352 e. The van der Waals surface area contributed by atoms with Crippen molar-refractivity contribution in [2.45, 2.75) is 4.90 Å². The third-order valence-corrected chi connectivity index (χ3v) is 6.28. The number of aromatic nitrogens is 2. The van der Waals surface area contributed by atoms with Gasteiger partial charge in [-0.2, -0.15) is 9.40 Å². The van der Waals surface area contributed by atoms with Gasteiger partial charge in [0.1, 0.15) is 0 Å². The van der Waals surface area contributed by atoms with Crippen LogP contribution < -0.4 is 4.90 Å². The summed E-state index contributed by atoms with van der Waals surface area (Å²) in [5.74, 6) is 0.749. The first-order valence-electron chi connectivity index (χ1n) is 6.96. The molecule has 6 nitrogen and oxygen atoms in total. The smallest absolute Gasteiger partial charge is 0.243 e. The summed E-state index contributed by atoms with van der Waals surface area (Å²) in [4.78, 5) is 2.16. The van der Waals surface area contributed by atoms with Crippen LogP contribution in [0.2, 0.25) is 10.0 Å². The topological polar surface area (TPSA) is 66.4 Å². The van der Waals surface area contributed by atoms with Crippen LogP contribution in [0.25, 0.3) is 0 Å². The van der Waals surface area contributed by atoms with E-state index in [1.54, 1.807) is 12.3 Å². The maximum Gasteiger partial charge on any atom is 0.243 e.